The Morgan fingerprint density at radius 2 is 1.93 bits per heavy atom. The summed E-state index contributed by atoms with van der Waals surface area (Å²) in [5.74, 6) is 0.975. The molecule has 3 saturated heterocycles. The van der Waals surface area contributed by atoms with Crippen LogP contribution in [0.5, 0.6) is 0 Å². The Bertz CT molecular complexity index is 1140. The third-order valence-corrected chi connectivity index (χ3v) is 5.77. The Hall–Kier alpha value is -3.70. The molecule has 3 aliphatic heterocycles. The summed E-state index contributed by atoms with van der Waals surface area (Å²) in [6.45, 7) is 1.97. The van der Waals surface area contributed by atoms with Gasteiger partial charge in [-0.2, -0.15) is 10.4 Å². The monoisotopic (exact) mass is 398 g/mol. The second-order valence-electron chi connectivity index (χ2n) is 7.82. The number of rotatable bonds is 4. The summed E-state index contributed by atoms with van der Waals surface area (Å²) in [5.41, 5.74) is 10.1. The summed E-state index contributed by atoms with van der Waals surface area (Å²) in [7, 11) is 1.87. The number of nitrogens with zero attached hydrogens (tertiary/aromatic N) is 6. The predicted molar refractivity (Wildman–Crippen MR) is 115 cm³/mol. The van der Waals surface area contributed by atoms with Crippen LogP contribution < -0.4 is 16.0 Å². The number of piperazine rings is 1. The molecule has 2 unspecified atom stereocenters. The molecular weight excluding hydrogens is 376 g/mol. The van der Waals surface area contributed by atoms with E-state index in [2.05, 4.69) is 26.4 Å². The van der Waals surface area contributed by atoms with E-state index < -0.39 is 0 Å². The Kier molecular flexibility index (Phi) is 4.45. The van der Waals surface area contributed by atoms with Crippen LogP contribution in [0.2, 0.25) is 0 Å². The molecule has 2 bridgehead atoms. The number of nitriles is 1. The molecule has 0 radical (unpaired) electrons. The summed E-state index contributed by atoms with van der Waals surface area (Å²) in [4.78, 5) is 11.6. The van der Waals surface area contributed by atoms with Gasteiger partial charge in [-0.05, 0) is 24.6 Å². The second kappa shape index (κ2) is 7.28. The van der Waals surface area contributed by atoms with E-state index in [1.54, 1.807) is 17.1 Å². The number of nitrogens with one attached hydrogen (secondary N) is 1. The van der Waals surface area contributed by atoms with Gasteiger partial charge in [-0.15, -0.1) is 0 Å². The first-order valence-corrected chi connectivity index (χ1v) is 9.93. The third-order valence-electron chi connectivity index (χ3n) is 5.77. The molecule has 0 spiro atoms. The summed E-state index contributed by atoms with van der Waals surface area (Å²) >= 11 is 0. The molecule has 8 heteroatoms. The van der Waals surface area contributed by atoms with Crippen LogP contribution in [0.25, 0.3) is 27.8 Å². The molecule has 8 nitrogen and oxygen atoms in total. The standard InChI is InChI=1S/C22H22N8/c1-29-11-17(10-27-29)15-4-20(22(26-9-15)16(6-23)7-24)14-2-3-21(25-8-14)30-12-18-5-19(13-30)28-18/h2-4,6,8-11,18-19,28H,5,12-13,23H2,1H3. The summed E-state index contributed by atoms with van der Waals surface area (Å²) < 4.78 is 1.75. The predicted octanol–water partition coefficient (Wildman–Crippen LogP) is 1.92. The lowest BCUT2D eigenvalue weighted by atomic mass is 9.91. The zero-order chi connectivity index (χ0) is 20.7. The molecule has 0 saturated carbocycles. The fourth-order valence-electron chi connectivity index (χ4n) is 4.23. The van der Waals surface area contributed by atoms with Gasteiger partial charge in [0.25, 0.3) is 0 Å². The van der Waals surface area contributed by atoms with Crippen LogP contribution in [-0.4, -0.2) is 44.9 Å². The van der Waals surface area contributed by atoms with Gasteiger partial charge < -0.3 is 16.0 Å². The first kappa shape index (κ1) is 18.3. The SMILES string of the molecule is Cn1cc(-c2cnc(C(C#N)=CN)c(-c3ccc(N4CC5CC(C4)N5)nc3)c2)cn1. The molecule has 6 heterocycles. The third kappa shape index (κ3) is 3.19. The second-order valence-corrected chi connectivity index (χ2v) is 7.82. The van der Waals surface area contributed by atoms with Crippen molar-refractivity contribution in [3.8, 4) is 28.3 Å². The van der Waals surface area contributed by atoms with Crippen LogP contribution in [0.3, 0.4) is 0 Å². The first-order chi connectivity index (χ1) is 14.6. The minimum Gasteiger partial charge on any atom is -0.403 e. The van der Waals surface area contributed by atoms with Gasteiger partial charge in [0.05, 0.1) is 17.5 Å². The average molecular weight is 398 g/mol. The molecule has 6 rings (SSSR count). The number of pyridine rings is 2. The molecule has 3 N–H and O–H groups in total. The molecule has 0 aliphatic carbocycles. The Morgan fingerprint density at radius 1 is 1.17 bits per heavy atom. The van der Waals surface area contributed by atoms with E-state index in [1.165, 1.54) is 12.6 Å². The van der Waals surface area contributed by atoms with Crippen molar-refractivity contribution in [1.82, 2.24) is 25.1 Å². The van der Waals surface area contributed by atoms with E-state index in [0.29, 0.717) is 23.4 Å². The summed E-state index contributed by atoms with van der Waals surface area (Å²) in [6, 6.07) is 9.37. The molecule has 2 atom stereocenters. The van der Waals surface area contributed by atoms with Crippen molar-refractivity contribution in [3.05, 3.63) is 54.9 Å². The van der Waals surface area contributed by atoms with E-state index >= 15 is 0 Å². The van der Waals surface area contributed by atoms with Gasteiger partial charge in [0.1, 0.15) is 11.9 Å². The fraction of sp³-hybridized carbons (Fsp3) is 0.273. The number of allylic oxidation sites excluding steroid dienone is 1. The largest absolute Gasteiger partial charge is 0.403 e. The molecule has 0 amide bonds. The molecule has 3 fully saturated rings. The number of aromatic nitrogens is 4. The highest BCUT2D eigenvalue weighted by molar-refractivity contribution is 5.86. The van der Waals surface area contributed by atoms with Gasteiger partial charge in [0, 0.05) is 79.3 Å². The maximum Gasteiger partial charge on any atom is 0.128 e. The van der Waals surface area contributed by atoms with Gasteiger partial charge >= 0.3 is 0 Å². The Balaban J connectivity index is 1.53. The lowest BCUT2D eigenvalue weighted by Crippen LogP contribution is -2.67. The van der Waals surface area contributed by atoms with Crippen molar-refractivity contribution in [3.63, 3.8) is 0 Å². The van der Waals surface area contributed by atoms with Gasteiger partial charge in [-0.1, -0.05) is 0 Å². The maximum atomic E-state index is 9.50. The molecule has 30 heavy (non-hydrogen) atoms. The topological polar surface area (TPSA) is 109 Å². The quantitative estimate of drug-likeness (QED) is 0.646. The number of fused-ring (bicyclic) bond motifs is 2. The van der Waals surface area contributed by atoms with Gasteiger partial charge in [0.2, 0.25) is 0 Å². The van der Waals surface area contributed by atoms with Crippen LogP contribution in [0, 0.1) is 11.3 Å². The average Bonchev–Trinajstić information content (AvgIpc) is 3.21. The molecular formula is C22H22N8. The van der Waals surface area contributed by atoms with Crippen LogP contribution in [-0.2, 0) is 7.05 Å². The first-order valence-electron chi connectivity index (χ1n) is 9.93. The van der Waals surface area contributed by atoms with Crippen molar-refractivity contribution >= 4 is 11.4 Å². The lowest BCUT2D eigenvalue weighted by Gasteiger charge is -2.48. The maximum absolute atomic E-state index is 9.50. The van der Waals surface area contributed by atoms with Gasteiger partial charge in [-0.25, -0.2) is 4.98 Å². The number of aryl methyl sites for hydroxylation is 1. The smallest absolute Gasteiger partial charge is 0.128 e. The highest BCUT2D eigenvalue weighted by Gasteiger charge is 2.36. The number of hydrogen-bond donors (Lipinski definition) is 2. The van der Waals surface area contributed by atoms with Crippen molar-refractivity contribution in [2.24, 2.45) is 12.8 Å². The van der Waals surface area contributed by atoms with E-state index in [-0.39, 0.29) is 0 Å². The van der Waals surface area contributed by atoms with Crippen LogP contribution in [0.1, 0.15) is 12.1 Å². The lowest BCUT2D eigenvalue weighted by molar-refractivity contribution is 0.225. The van der Waals surface area contributed by atoms with Crippen molar-refractivity contribution in [2.45, 2.75) is 18.5 Å². The molecule has 3 aromatic heterocycles. The Labute approximate surface area is 174 Å². The Morgan fingerprint density at radius 3 is 2.53 bits per heavy atom. The van der Waals surface area contributed by atoms with E-state index in [4.69, 9.17) is 10.7 Å². The van der Waals surface area contributed by atoms with Gasteiger partial charge in [-0.3, -0.25) is 9.67 Å². The minimum absolute atomic E-state index is 0.328. The van der Waals surface area contributed by atoms with Crippen molar-refractivity contribution in [1.29, 1.82) is 5.26 Å². The number of anilines is 1. The van der Waals surface area contributed by atoms with Gasteiger partial charge in [0.15, 0.2) is 0 Å². The van der Waals surface area contributed by atoms with E-state index in [9.17, 15) is 5.26 Å². The van der Waals surface area contributed by atoms with Crippen LogP contribution in [0.15, 0.2) is 49.2 Å². The zero-order valence-corrected chi connectivity index (χ0v) is 16.7. The molecule has 150 valence electrons. The minimum atomic E-state index is 0.328. The molecule has 0 aromatic carbocycles. The number of piperidine rings is 1. The highest BCUT2D eigenvalue weighted by Crippen LogP contribution is 2.32. The highest BCUT2D eigenvalue weighted by atomic mass is 15.3. The van der Waals surface area contributed by atoms with Crippen LogP contribution in [0.4, 0.5) is 5.82 Å². The zero-order valence-electron chi connectivity index (χ0n) is 16.7. The van der Waals surface area contributed by atoms with E-state index in [0.717, 1.165) is 41.2 Å². The number of hydrogen-bond acceptors (Lipinski definition) is 7. The van der Waals surface area contributed by atoms with Crippen molar-refractivity contribution < 1.29 is 0 Å². The van der Waals surface area contributed by atoms with Crippen LogP contribution >= 0.6 is 0 Å². The molecule has 3 aromatic rings. The van der Waals surface area contributed by atoms with Crippen molar-refractivity contribution in [2.75, 3.05) is 18.0 Å². The normalized spacial score (nSPS) is 20.5. The summed E-state index contributed by atoms with van der Waals surface area (Å²) in [6.07, 6.45) is 9.87. The van der Waals surface area contributed by atoms with E-state index in [1.807, 2.05) is 37.6 Å². The number of nitrogens with two attached hydrogens (primary N) is 1. The fourth-order valence-corrected chi connectivity index (χ4v) is 4.23. The summed E-state index contributed by atoms with van der Waals surface area (Å²) in [5, 5.41) is 17.3. The molecule has 3 aliphatic rings.